The van der Waals surface area contributed by atoms with Crippen LogP contribution in [-0.2, 0) is 6.54 Å². The second-order valence-electron chi connectivity index (χ2n) is 7.54. The Bertz CT molecular complexity index is 516. The predicted molar refractivity (Wildman–Crippen MR) is 93.9 cm³/mol. The van der Waals surface area contributed by atoms with Gasteiger partial charge in [-0.25, -0.2) is 0 Å². The molecule has 0 radical (unpaired) electrons. The molecule has 2 aliphatic rings. The zero-order valence-corrected chi connectivity index (χ0v) is 14.4. The van der Waals surface area contributed by atoms with Gasteiger partial charge in [-0.2, -0.15) is 0 Å². The largest absolute Gasteiger partial charge is 0.297 e. The summed E-state index contributed by atoms with van der Waals surface area (Å²) in [7, 11) is 0. The maximum atomic E-state index is 2.72. The van der Waals surface area contributed by atoms with Crippen LogP contribution < -0.4 is 0 Å². The van der Waals surface area contributed by atoms with Crippen LogP contribution in [0.3, 0.4) is 0 Å². The number of rotatable bonds is 4. The highest BCUT2D eigenvalue weighted by Crippen LogP contribution is 2.48. The molecule has 1 atom stereocenters. The molecule has 3 rings (SSSR count). The first-order valence-electron chi connectivity index (χ1n) is 8.72. The highest BCUT2D eigenvalue weighted by atomic mass is 15.3. The summed E-state index contributed by atoms with van der Waals surface area (Å²) in [5, 5.41) is 0. The summed E-state index contributed by atoms with van der Waals surface area (Å²) in [4.78, 5) is 5.41. The van der Waals surface area contributed by atoms with E-state index in [0.29, 0.717) is 11.5 Å². The van der Waals surface area contributed by atoms with E-state index in [4.69, 9.17) is 0 Å². The van der Waals surface area contributed by atoms with Crippen LogP contribution in [0.25, 0.3) is 0 Å². The summed E-state index contributed by atoms with van der Waals surface area (Å²) in [5.74, 6) is 0. The van der Waals surface area contributed by atoms with E-state index in [1.54, 1.807) is 0 Å². The molecule has 22 heavy (non-hydrogen) atoms. The van der Waals surface area contributed by atoms with E-state index in [0.717, 1.165) is 13.1 Å². The van der Waals surface area contributed by atoms with Crippen LogP contribution in [0.5, 0.6) is 0 Å². The molecule has 0 N–H and O–H groups in total. The van der Waals surface area contributed by atoms with Gasteiger partial charge in [0.15, 0.2) is 0 Å². The van der Waals surface area contributed by atoms with E-state index in [1.807, 2.05) is 0 Å². The predicted octanol–water partition coefficient (Wildman–Crippen LogP) is 3.94. The number of hydrogen-bond donors (Lipinski definition) is 0. The number of hydrogen-bond acceptors (Lipinski definition) is 2. The molecule has 1 saturated carbocycles. The van der Waals surface area contributed by atoms with Crippen molar-refractivity contribution in [3.8, 4) is 0 Å². The topological polar surface area (TPSA) is 6.48 Å². The molecule has 1 aliphatic heterocycles. The summed E-state index contributed by atoms with van der Waals surface area (Å²) in [5.41, 5.74) is 3.52. The Labute approximate surface area is 135 Å². The van der Waals surface area contributed by atoms with Crippen molar-refractivity contribution < 1.29 is 0 Å². The van der Waals surface area contributed by atoms with E-state index in [2.05, 4.69) is 67.0 Å². The minimum Gasteiger partial charge on any atom is -0.297 e. The number of benzene rings is 1. The van der Waals surface area contributed by atoms with Crippen molar-refractivity contribution in [1.29, 1.82) is 0 Å². The molecule has 1 saturated heterocycles. The molecule has 2 nitrogen and oxygen atoms in total. The lowest BCUT2D eigenvalue weighted by atomic mass is 10.1. The van der Waals surface area contributed by atoms with E-state index in [1.165, 1.54) is 43.6 Å². The fraction of sp³-hybridized carbons (Fsp3) is 0.600. The van der Waals surface area contributed by atoms with Gasteiger partial charge in [0.05, 0.1) is 0 Å². The van der Waals surface area contributed by atoms with Crippen molar-refractivity contribution >= 4 is 0 Å². The van der Waals surface area contributed by atoms with Gasteiger partial charge in [-0.1, -0.05) is 42.0 Å². The van der Waals surface area contributed by atoms with E-state index < -0.39 is 0 Å². The molecule has 1 aromatic carbocycles. The molecule has 2 fully saturated rings. The number of nitrogens with zero attached hydrogens (tertiary/aromatic N) is 2. The first kappa shape index (κ1) is 15.8. The zero-order valence-electron chi connectivity index (χ0n) is 14.4. The average Bonchev–Trinajstić information content (AvgIpc) is 3.27. The fourth-order valence-electron chi connectivity index (χ4n) is 3.74. The van der Waals surface area contributed by atoms with Gasteiger partial charge < -0.3 is 0 Å². The first-order chi connectivity index (χ1) is 10.6. The molecule has 0 amide bonds. The first-order valence-corrected chi connectivity index (χ1v) is 8.72. The van der Waals surface area contributed by atoms with Gasteiger partial charge in [-0.3, -0.25) is 9.80 Å². The van der Waals surface area contributed by atoms with Crippen LogP contribution >= 0.6 is 0 Å². The van der Waals surface area contributed by atoms with Crippen molar-refractivity contribution in [1.82, 2.24) is 9.80 Å². The summed E-state index contributed by atoms with van der Waals surface area (Å²) < 4.78 is 0. The molecule has 0 aromatic heterocycles. The molecule has 0 bridgehead atoms. The summed E-state index contributed by atoms with van der Waals surface area (Å²) in [6.07, 6.45) is 5.09. The van der Waals surface area contributed by atoms with Crippen LogP contribution in [0.15, 0.2) is 42.0 Å². The van der Waals surface area contributed by atoms with Crippen molar-refractivity contribution in [3.05, 3.63) is 47.5 Å². The number of allylic oxidation sites excluding steroid dienone is 1. The third kappa shape index (κ3) is 3.80. The van der Waals surface area contributed by atoms with E-state index >= 15 is 0 Å². The highest BCUT2D eigenvalue weighted by molar-refractivity contribution is 5.15. The average molecular weight is 298 g/mol. The molecule has 1 heterocycles. The monoisotopic (exact) mass is 298 g/mol. The zero-order chi connectivity index (χ0) is 15.6. The Morgan fingerprint density at radius 1 is 1.23 bits per heavy atom. The molecule has 1 spiro atoms. The van der Waals surface area contributed by atoms with Crippen LogP contribution in [-0.4, -0.2) is 42.0 Å². The molecule has 1 unspecified atom stereocenters. The van der Waals surface area contributed by atoms with Gasteiger partial charge in [-0.05, 0) is 44.6 Å². The van der Waals surface area contributed by atoms with Crippen LogP contribution in [0.1, 0.15) is 39.2 Å². The minimum absolute atomic E-state index is 0.577. The Hall–Kier alpha value is -1.12. The minimum atomic E-state index is 0.577. The third-order valence-electron chi connectivity index (χ3n) is 5.39. The lowest BCUT2D eigenvalue weighted by Crippen LogP contribution is -2.40. The van der Waals surface area contributed by atoms with Crippen molar-refractivity contribution in [2.75, 3.05) is 26.2 Å². The van der Waals surface area contributed by atoms with E-state index in [-0.39, 0.29) is 0 Å². The Kier molecular flexibility index (Phi) is 4.70. The van der Waals surface area contributed by atoms with Gasteiger partial charge in [0.25, 0.3) is 0 Å². The van der Waals surface area contributed by atoms with Crippen LogP contribution in [0, 0.1) is 5.41 Å². The van der Waals surface area contributed by atoms with Gasteiger partial charge in [0.1, 0.15) is 0 Å². The molecular formula is C20H30N2. The molecule has 1 aromatic rings. The Balaban J connectivity index is 1.70. The maximum Gasteiger partial charge on any atom is 0.0234 e. The molecule has 2 heteroatoms. The summed E-state index contributed by atoms with van der Waals surface area (Å²) in [6, 6.07) is 11.6. The standard InChI is InChI=1S/C20H30N2/c1-4-17(2)12-22-16-20(10-11-20)15-21(13-18(22)3)14-19-8-6-5-7-9-19/h4-9,18H,10-16H2,1-3H3. The Morgan fingerprint density at radius 3 is 2.59 bits per heavy atom. The molecule has 1 aliphatic carbocycles. The van der Waals surface area contributed by atoms with Crippen molar-refractivity contribution in [2.45, 2.75) is 46.2 Å². The third-order valence-corrected chi connectivity index (χ3v) is 5.39. The lowest BCUT2D eigenvalue weighted by molar-refractivity contribution is 0.197. The van der Waals surface area contributed by atoms with Gasteiger partial charge in [0, 0.05) is 38.8 Å². The normalized spacial score (nSPS) is 26.1. The van der Waals surface area contributed by atoms with Crippen molar-refractivity contribution in [2.24, 2.45) is 5.41 Å². The SMILES string of the molecule is CC=C(C)CN1CC2(CC2)CN(Cc2ccccc2)CC1C. The summed E-state index contributed by atoms with van der Waals surface area (Å²) in [6.45, 7) is 12.8. The second kappa shape index (κ2) is 6.55. The molecule has 120 valence electrons. The van der Waals surface area contributed by atoms with Crippen LogP contribution in [0.4, 0.5) is 0 Å². The van der Waals surface area contributed by atoms with Crippen molar-refractivity contribution in [3.63, 3.8) is 0 Å². The van der Waals surface area contributed by atoms with Gasteiger partial charge in [0.2, 0.25) is 0 Å². The van der Waals surface area contributed by atoms with Gasteiger partial charge >= 0.3 is 0 Å². The van der Waals surface area contributed by atoms with Gasteiger partial charge in [-0.15, -0.1) is 0 Å². The summed E-state index contributed by atoms with van der Waals surface area (Å²) >= 11 is 0. The van der Waals surface area contributed by atoms with Crippen LogP contribution in [0.2, 0.25) is 0 Å². The smallest absolute Gasteiger partial charge is 0.0234 e. The highest BCUT2D eigenvalue weighted by Gasteiger charge is 2.47. The van der Waals surface area contributed by atoms with E-state index in [9.17, 15) is 0 Å². The maximum absolute atomic E-state index is 2.72. The quantitative estimate of drug-likeness (QED) is 0.777. The second-order valence-corrected chi connectivity index (χ2v) is 7.54. The lowest BCUT2D eigenvalue weighted by Gasteiger charge is -2.29. The molecular weight excluding hydrogens is 268 g/mol. The fourth-order valence-corrected chi connectivity index (χ4v) is 3.74. The Morgan fingerprint density at radius 2 is 1.95 bits per heavy atom.